The first-order valence-electron chi connectivity index (χ1n) is 7.09. The van der Waals surface area contributed by atoms with Crippen molar-refractivity contribution >= 4 is 45.1 Å². The summed E-state index contributed by atoms with van der Waals surface area (Å²) in [7, 11) is 2.92. The quantitative estimate of drug-likeness (QED) is 0.706. The lowest BCUT2D eigenvalue weighted by atomic mass is 10.2. The van der Waals surface area contributed by atoms with Gasteiger partial charge in [-0.05, 0) is 34.1 Å². The first-order chi connectivity index (χ1) is 12.0. The first-order valence-corrected chi connectivity index (χ1v) is 8.26. The molecular formula is C17H15BrClNO5. The fourth-order valence-corrected chi connectivity index (χ4v) is 2.67. The maximum Gasteiger partial charge on any atom is 0.339 e. The molecule has 2 aromatic carbocycles. The molecule has 0 saturated heterocycles. The number of carbonyl (C=O) groups excluding carboxylic acids is 2. The Balaban J connectivity index is 2.02. The summed E-state index contributed by atoms with van der Waals surface area (Å²) in [4.78, 5) is 24.0. The summed E-state index contributed by atoms with van der Waals surface area (Å²) in [5, 5.41) is 2.89. The highest BCUT2D eigenvalue weighted by Crippen LogP contribution is 2.35. The van der Waals surface area contributed by atoms with Gasteiger partial charge in [-0.1, -0.05) is 23.7 Å². The summed E-state index contributed by atoms with van der Waals surface area (Å²) in [5.74, 6) is -0.356. The number of amides is 1. The smallest absolute Gasteiger partial charge is 0.339 e. The standard InChI is InChI=1S/C17H15BrClNO5/c1-23-14-8-15(24-2)13(7-12(14)19)20-16(21)9-25-17(22)10-5-3-4-6-11(10)18/h3-8H,9H2,1-2H3,(H,20,21). The number of hydrogen-bond donors (Lipinski definition) is 1. The Kier molecular flexibility index (Phi) is 6.66. The van der Waals surface area contributed by atoms with Crippen LogP contribution in [0.15, 0.2) is 40.9 Å². The third-order valence-electron chi connectivity index (χ3n) is 3.18. The number of rotatable bonds is 6. The van der Waals surface area contributed by atoms with E-state index in [0.717, 1.165) is 0 Å². The van der Waals surface area contributed by atoms with E-state index in [9.17, 15) is 9.59 Å². The van der Waals surface area contributed by atoms with Crippen LogP contribution >= 0.6 is 27.5 Å². The van der Waals surface area contributed by atoms with E-state index in [2.05, 4.69) is 21.2 Å². The Morgan fingerprint density at radius 2 is 1.80 bits per heavy atom. The maximum absolute atomic E-state index is 12.0. The minimum Gasteiger partial charge on any atom is -0.495 e. The fourth-order valence-electron chi connectivity index (χ4n) is 1.98. The van der Waals surface area contributed by atoms with Crippen LogP contribution in [0.1, 0.15) is 10.4 Å². The number of esters is 1. The topological polar surface area (TPSA) is 73.9 Å². The molecule has 0 aromatic heterocycles. The van der Waals surface area contributed by atoms with E-state index in [1.54, 1.807) is 30.3 Å². The van der Waals surface area contributed by atoms with Crippen molar-refractivity contribution in [3.05, 3.63) is 51.5 Å². The third kappa shape index (κ3) is 4.87. The van der Waals surface area contributed by atoms with E-state index >= 15 is 0 Å². The average Bonchev–Trinajstić information content (AvgIpc) is 2.60. The van der Waals surface area contributed by atoms with Gasteiger partial charge in [-0.2, -0.15) is 0 Å². The van der Waals surface area contributed by atoms with Crippen molar-refractivity contribution in [1.82, 2.24) is 0 Å². The monoisotopic (exact) mass is 427 g/mol. The van der Waals surface area contributed by atoms with E-state index in [0.29, 0.717) is 32.2 Å². The Morgan fingerprint density at radius 1 is 1.12 bits per heavy atom. The molecule has 0 atom stereocenters. The van der Waals surface area contributed by atoms with E-state index in [-0.39, 0.29) is 0 Å². The van der Waals surface area contributed by atoms with Crippen molar-refractivity contribution in [2.75, 3.05) is 26.1 Å². The molecule has 0 unspecified atom stereocenters. The van der Waals surface area contributed by atoms with Gasteiger partial charge in [0.2, 0.25) is 0 Å². The van der Waals surface area contributed by atoms with E-state index < -0.39 is 18.5 Å². The van der Waals surface area contributed by atoms with Gasteiger partial charge in [0.25, 0.3) is 5.91 Å². The van der Waals surface area contributed by atoms with E-state index in [1.807, 2.05) is 0 Å². The molecular weight excluding hydrogens is 414 g/mol. The highest BCUT2D eigenvalue weighted by Gasteiger charge is 2.15. The maximum atomic E-state index is 12.0. The second-order valence-corrected chi connectivity index (χ2v) is 6.05. The Labute approximate surface area is 158 Å². The van der Waals surface area contributed by atoms with Crippen molar-refractivity contribution in [1.29, 1.82) is 0 Å². The molecule has 0 aliphatic heterocycles. The van der Waals surface area contributed by atoms with Gasteiger partial charge in [0, 0.05) is 10.5 Å². The molecule has 132 valence electrons. The highest BCUT2D eigenvalue weighted by atomic mass is 79.9. The first kappa shape index (κ1) is 19.1. The molecule has 8 heteroatoms. The molecule has 25 heavy (non-hydrogen) atoms. The molecule has 2 rings (SSSR count). The third-order valence-corrected chi connectivity index (χ3v) is 4.16. The van der Waals surface area contributed by atoms with Crippen molar-refractivity contribution in [2.45, 2.75) is 0 Å². The fraction of sp³-hybridized carbons (Fsp3) is 0.176. The molecule has 6 nitrogen and oxygen atoms in total. The minimum atomic E-state index is -0.609. The van der Waals surface area contributed by atoms with Crippen molar-refractivity contribution < 1.29 is 23.8 Å². The number of halogens is 2. The number of nitrogens with one attached hydrogen (secondary N) is 1. The van der Waals surface area contributed by atoms with Crippen LogP contribution in [-0.2, 0) is 9.53 Å². The van der Waals surface area contributed by atoms with Gasteiger partial charge in [0.1, 0.15) is 11.5 Å². The van der Waals surface area contributed by atoms with Crippen molar-refractivity contribution in [3.63, 3.8) is 0 Å². The number of ether oxygens (including phenoxy) is 3. The normalized spacial score (nSPS) is 10.1. The van der Waals surface area contributed by atoms with Crippen LogP contribution in [0.5, 0.6) is 11.5 Å². The van der Waals surface area contributed by atoms with Gasteiger partial charge < -0.3 is 19.5 Å². The van der Waals surface area contributed by atoms with Crippen LogP contribution in [0.3, 0.4) is 0 Å². The van der Waals surface area contributed by atoms with Gasteiger partial charge in [0.15, 0.2) is 6.61 Å². The predicted octanol–water partition coefficient (Wildman–Crippen LogP) is 3.92. The van der Waals surface area contributed by atoms with Crippen LogP contribution < -0.4 is 14.8 Å². The van der Waals surface area contributed by atoms with Crippen molar-refractivity contribution in [2.24, 2.45) is 0 Å². The summed E-state index contributed by atoms with van der Waals surface area (Å²) in [6.45, 7) is -0.451. The molecule has 0 fully saturated rings. The SMILES string of the molecule is COc1cc(OC)c(NC(=O)COC(=O)c2ccccc2Br)cc1Cl. The van der Waals surface area contributed by atoms with Gasteiger partial charge in [0.05, 0.1) is 30.5 Å². The molecule has 0 saturated carbocycles. The Morgan fingerprint density at radius 3 is 2.44 bits per heavy atom. The van der Waals surface area contributed by atoms with Gasteiger partial charge >= 0.3 is 5.97 Å². The summed E-state index contributed by atoms with van der Waals surface area (Å²) >= 11 is 9.30. The largest absolute Gasteiger partial charge is 0.495 e. The molecule has 0 bridgehead atoms. The second kappa shape index (κ2) is 8.73. The molecule has 2 aromatic rings. The predicted molar refractivity (Wildman–Crippen MR) is 97.6 cm³/mol. The van der Waals surface area contributed by atoms with Gasteiger partial charge in [-0.15, -0.1) is 0 Å². The Bertz CT molecular complexity index is 797. The molecule has 0 aliphatic rings. The van der Waals surface area contributed by atoms with E-state index in [4.69, 9.17) is 25.8 Å². The number of methoxy groups -OCH3 is 2. The van der Waals surface area contributed by atoms with Gasteiger partial charge in [-0.25, -0.2) is 4.79 Å². The van der Waals surface area contributed by atoms with Crippen LogP contribution in [0.2, 0.25) is 5.02 Å². The summed E-state index contributed by atoms with van der Waals surface area (Å²) in [5.41, 5.74) is 0.676. The molecule has 1 amide bonds. The summed E-state index contributed by atoms with van der Waals surface area (Å²) < 4.78 is 15.9. The zero-order valence-electron chi connectivity index (χ0n) is 13.5. The second-order valence-electron chi connectivity index (χ2n) is 4.79. The Hall–Kier alpha value is -2.25. The molecule has 1 N–H and O–H groups in total. The van der Waals surface area contributed by atoms with Crippen LogP contribution in [0, 0.1) is 0 Å². The highest BCUT2D eigenvalue weighted by molar-refractivity contribution is 9.10. The number of carbonyl (C=O) groups is 2. The lowest BCUT2D eigenvalue weighted by Gasteiger charge is -2.13. The van der Waals surface area contributed by atoms with Crippen molar-refractivity contribution in [3.8, 4) is 11.5 Å². The summed E-state index contributed by atoms with van der Waals surface area (Å²) in [6, 6.07) is 9.81. The number of anilines is 1. The lowest BCUT2D eigenvalue weighted by Crippen LogP contribution is -2.21. The molecule has 0 spiro atoms. The molecule has 0 radical (unpaired) electrons. The lowest BCUT2D eigenvalue weighted by molar-refractivity contribution is -0.119. The molecule has 0 aliphatic carbocycles. The number of hydrogen-bond acceptors (Lipinski definition) is 5. The van der Waals surface area contributed by atoms with E-state index in [1.165, 1.54) is 20.3 Å². The minimum absolute atomic E-state index is 0.309. The average molecular weight is 429 g/mol. The van der Waals surface area contributed by atoms with Crippen LogP contribution in [0.4, 0.5) is 5.69 Å². The zero-order valence-corrected chi connectivity index (χ0v) is 15.8. The summed E-state index contributed by atoms with van der Waals surface area (Å²) in [6.07, 6.45) is 0. The van der Waals surface area contributed by atoms with Gasteiger partial charge in [-0.3, -0.25) is 4.79 Å². The van der Waals surface area contributed by atoms with Crippen LogP contribution in [0.25, 0.3) is 0 Å². The number of benzene rings is 2. The molecule has 0 heterocycles. The zero-order chi connectivity index (χ0) is 18.4. The van der Waals surface area contributed by atoms with Crippen LogP contribution in [-0.4, -0.2) is 32.7 Å².